The van der Waals surface area contributed by atoms with E-state index < -0.39 is 12.3 Å². The highest BCUT2D eigenvalue weighted by atomic mass is 19.1. The van der Waals surface area contributed by atoms with Gasteiger partial charge in [-0.25, -0.2) is 19.2 Å². The number of halogens is 1. The first-order chi connectivity index (χ1) is 18.1. The average molecular weight is 523 g/mol. The summed E-state index contributed by atoms with van der Waals surface area (Å²) in [5.41, 5.74) is 2.17. The normalized spacial score (nSPS) is 17.1. The van der Waals surface area contributed by atoms with E-state index in [2.05, 4.69) is 10.2 Å². The number of carbonyl (C=O) groups is 2. The van der Waals surface area contributed by atoms with Gasteiger partial charge >= 0.3 is 6.09 Å². The summed E-state index contributed by atoms with van der Waals surface area (Å²) in [6.07, 6.45) is -0.834. The van der Waals surface area contributed by atoms with Crippen LogP contribution in [0.2, 0.25) is 0 Å². The van der Waals surface area contributed by atoms with E-state index in [1.807, 2.05) is 30.4 Å². The van der Waals surface area contributed by atoms with Crippen LogP contribution in [0.4, 0.5) is 20.8 Å². The third-order valence-electron chi connectivity index (χ3n) is 7.37. The van der Waals surface area contributed by atoms with E-state index in [1.54, 1.807) is 29.2 Å². The van der Waals surface area contributed by atoms with Gasteiger partial charge in [0, 0.05) is 32.1 Å². The number of carboxylic acid groups (broad SMARTS) is 1. The predicted octanol–water partition coefficient (Wildman–Crippen LogP) is 3.70. The molecule has 0 unspecified atom stereocenters. The van der Waals surface area contributed by atoms with Crippen molar-refractivity contribution in [1.29, 1.82) is 0 Å². The molecule has 12 heteroatoms. The second kappa shape index (κ2) is 9.66. The van der Waals surface area contributed by atoms with Crippen LogP contribution < -0.4 is 9.80 Å². The lowest BCUT2D eigenvalue weighted by Gasteiger charge is -2.24. The summed E-state index contributed by atoms with van der Waals surface area (Å²) in [5, 5.41) is 18.0. The second-order valence-corrected chi connectivity index (χ2v) is 10.2. The lowest BCUT2D eigenvalue weighted by Crippen LogP contribution is -2.29. The minimum atomic E-state index is -1.08. The van der Waals surface area contributed by atoms with Crippen molar-refractivity contribution in [3.05, 3.63) is 46.9 Å². The Labute approximate surface area is 219 Å². The summed E-state index contributed by atoms with van der Waals surface area (Å²) in [5.74, 6) is 1.97. The summed E-state index contributed by atoms with van der Waals surface area (Å²) in [6.45, 7) is 5.80. The molecule has 0 bridgehead atoms. The Balaban J connectivity index is 1.52. The second-order valence-electron chi connectivity index (χ2n) is 10.2. The highest BCUT2D eigenvalue weighted by Gasteiger charge is 2.35. The smallest absolute Gasteiger partial charge is 0.407 e. The van der Waals surface area contributed by atoms with E-state index in [9.17, 15) is 19.1 Å². The molecule has 2 aliphatic heterocycles. The third kappa shape index (κ3) is 4.33. The molecule has 38 heavy (non-hydrogen) atoms. The van der Waals surface area contributed by atoms with Gasteiger partial charge in [-0.15, -0.1) is 10.2 Å². The lowest BCUT2D eigenvalue weighted by molar-refractivity contribution is 0.0996. The fraction of sp³-hybridized carbons (Fsp3) is 0.462. The van der Waals surface area contributed by atoms with Crippen LogP contribution in [0.15, 0.2) is 24.3 Å². The maximum absolute atomic E-state index is 14.3. The SMILES string of the molecule is CC(C)N(C)c1cc2c(c(CN(C)C(=O)O)n1)CN(c1cccc(-c3nnc4n3[C@@H]([C@@H](C)F)CC4)n1)C2=O. The van der Waals surface area contributed by atoms with E-state index in [-0.39, 0.29) is 31.1 Å². The maximum atomic E-state index is 14.3. The van der Waals surface area contributed by atoms with Crippen LogP contribution in [0.5, 0.6) is 0 Å². The van der Waals surface area contributed by atoms with Crippen LogP contribution in [0.3, 0.4) is 0 Å². The molecular formula is C26H31FN8O3. The zero-order valence-corrected chi connectivity index (χ0v) is 22.1. The molecule has 0 saturated heterocycles. The highest BCUT2D eigenvalue weighted by Crippen LogP contribution is 2.36. The molecule has 0 spiro atoms. The molecule has 0 saturated carbocycles. The molecule has 11 nitrogen and oxygen atoms in total. The number of aromatic nitrogens is 5. The number of hydrogen-bond acceptors (Lipinski definition) is 7. The van der Waals surface area contributed by atoms with Crippen LogP contribution in [0, 0.1) is 0 Å². The number of anilines is 2. The molecule has 0 aliphatic carbocycles. The van der Waals surface area contributed by atoms with Crippen molar-refractivity contribution in [2.75, 3.05) is 23.9 Å². The Hall–Kier alpha value is -4.09. The van der Waals surface area contributed by atoms with Crippen LogP contribution in [-0.4, -0.2) is 73.0 Å². The van der Waals surface area contributed by atoms with Crippen molar-refractivity contribution in [2.45, 2.75) is 65.0 Å². The van der Waals surface area contributed by atoms with Crippen LogP contribution >= 0.6 is 0 Å². The quantitative estimate of drug-likeness (QED) is 0.499. The number of rotatable bonds is 7. The summed E-state index contributed by atoms with van der Waals surface area (Å²) in [6, 6.07) is 6.82. The molecule has 2 aliphatic rings. The highest BCUT2D eigenvalue weighted by molar-refractivity contribution is 6.10. The molecule has 0 aromatic carbocycles. The van der Waals surface area contributed by atoms with Gasteiger partial charge in [-0.2, -0.15) is 0 Å². The molecule has 200 valence electrons. The van der Waals surface area contributed by atoms with E-state index in [0.717, 1.165) is 10.7 Å². The molecule has 2 amide bonds. The van der Waals surface area contributed by atoms with Crippen molar-refractivity contribution >= 4 is 23.6 Å². The fourth-order valence-electron chi connectivity index (χ4n) is 4.96. The van der Waals surface area contributed by atoms with Crippen molar-refractivity contribution in [3.63, 3.8) is 0 Å². The molecule has 1 N–H and O–H groups in total. The predicted molar refractivity (Wildman–Crippen MR) is 139 cm³/mol. The van der Waals surface area contributed by atoms with Crippen LogP contribution in [0.1, 0.15) is 60.7 Å². The molecule has 5 heterocycles. The van der Waals surface area contributed by atoms with Gasteiger partial charge < -0.3 is 19.5 Å². The Bertz CT molecular complexity index is 1410. The van der Waals surface area contributed by atoms with Gasteiger partial charge in [0.25, 0.3) is 5.91 Å². The zero-order chi connectivity index (χ0) is 27.3. The lowest BCUT2D eigenvalue weighted by atomic mass is 10.1. The number of aryl methyl sites for hydroxylation is 1. The van der Waals surface area contributed by atoms with Gasteiger partial charge in [0.15, 0.2) is 5.82 Å². The Morgan fingerprint density at radius 3 is 2.66 bits per heavy atom. The number of alkyl halides is 1. The van der Waals surface area contributed by atoms with E-state index >= 15 is 0 Å². The largest absolute Gasteiger partial charge is 0.465 e. The Morgan fingerprint density at radius 2 is 1.97 bits per heavy atom. The monoisotopic (exact) mass is 522 g/mol. The Morgan fingerprint density at radius 1 is 1.21 bits per heavy atom. The first-order valence-electron chi connectivity index (χ1n) is 12.6. The van der Waals surface area contributed by atoms with Crippen molar-refractivity contribution in [1.82, 2.24) is 29.6 Å². The minimum Gasteiger partial charge on any atom is -0.465 e. The van der Waals surface area contributed by atoms with Crippen molar-refractivity contribution in [2.24, 2.45) is 0 Å². The molecule has 2 atom stereocenters. The molecule has 3 aromatic heterocycles. The maximum Gasteiger partial charge on any atom is 0.407 e. The summed E-state index contributed by atoms with van der Waals surface area (Å²) >= 11 is 0. The van der Waals surface area contributed by atoms with Gasteiger partial charge in [-0.05, 0) is 45.4 Å². The number of pyridine rings is 2. The fourth-order valence-corrected chi connectivity index (χ4v) is 4.96. The molecule has 0 fully saturated rings. The third-order valence-corrected chi connectivity index (χ3v) is 7.37. The topological polar surface area (TPSA) is 121 Å². The number of hydrogen-bond donors (Lipinski definition) is 1. The standard InChI is InChI=1S/C26H31FN8O3/c1-14(2)33(5)23-11-16-17(19(29-23)13-32(4)26(37)38)12-34(25(16)36)21-8-6-7-18(28-21)24-31-30-22-10-9-20(15(3)27)35(22)24/h6-8,11,14-15,20H,9-10,12-13H2,1-5H3,(H,37,38)/t15-,20-/m1/s1. The van der Waals surface area contributed by atoms with Gasteiger partial charge in [0.1, 0.15) is 29.3 Å². The summed E-state index contributed by atoms with van der Waals surface area (Å²) in [7, 11) is 3.35. The molecular weight excluding hydrogens is 491 g/mol. The van der Waals surface area contributed by atoms with Crippen LogP contribution in [0.25, 0.3) is 11.5 Å². The Kier molecular flexibility index (Phi) is 6.49. The zero-order valence-electron chi connectivity index (χ0n) is 22.1. The first kappa shape index (κ1) is 25.6. The first-order valence-corrected chi connectivity index (χ1v) is 12.6. The van der Waals surface area contributed by atoms with E-state index in [4.69, 9.17) is 9.97 Å². The minimum absolute atomic E-state index is 0.0424. The average Bonchev–Trinajstić information content (AvgIpc) is 3.57. The number of amides is 2. The molecule has 0 radical (unpaired) electrons. The van der Waals surface area contributed by atoms with E-state index in [1.165, 1.54) is 14.0 Å². The summed E-state index contributed by atoms with van der Waals surface area (Å²) < 4.78 is 16.1. The molecule has 5 rings (SSSR count). The van der Waals surface area contributed by atoms with Crippen molar-refractivity contribution in [3.8, 4) is 11.5 Å². The van der Waals surface area contributed by atoms with Crippen molar-refractivity contribution < 1.29 is 19.1 Å². The summed E-state index contributed by atoms with van der Waals surface area (Å²) in [4.78, 5) is 39.3. The number of carbonyl (C=O) groups excluding carboxylic acids is 1. The van der Waals surface area contributed by atoms with Gasteiger partial charge in [0.05, 0.1) is 30.4 Å². The van der Waals surface area contributed by atoms with Crippen LogP contribution in [-0.2, 0) is 19.5 Å². The van der Waals surface area contributed by atoms with Gasteiger partial charge in [-0.1, -0.05) is 6.07 Å². The number of nitrogens with zero attached hydrogens (tertiary/aromatic N) is 8. The van der Waals surface area contributed by atoms with E-state index in [0.29, 0.717) is 52.8 Å². The van der Waals surface area contributed by atoms with Gasteiger partial charge in [0.2, 0.25) is 0 Å². The number of fused-ring (bicyclic) bond motifs is 2. The molecule has 3 aromatic rings. The van der Waals surface area contributed by atoms with Gasteiger partial charge in [-0.3, -0.25) is 9.69 Å².